The van der Waals surface area contributed by atoms with E-state index in [9.17, 15) is 4.79 Å². The zero-order chi connectivity index (χ0) is 25.9. The summed E-state index contributed by atoms with van der Waals surface area (Å²) < 4.78 is 13.5. The molecule has 3 aromatic carbocycles. The zero-order valence-corrected chi connectivity index (χ0v) is 21.1. The fourth-order valence-electron chi connectivity index (χ4n) is 4.23. The van der Waals surface area contributed by atoms with Gasteiger partial charge in [0, 0.05) is 17.4 Å². The molecule has 0 fully saturated rings. The van der Waals surface area contributed by atoms with Crippen LogP contribution in [0.2, 0.25) is 0 Å². The van der Waals surface area contributed by atoms with Gasteiger partial charge in [0.15, 0.2) is 5.82 Å². The normalized spacial score (nSPS) is 10.9. The van der Waals surface area contributed by atoms with Crippen LogP contribution >= 0.6 is 0 Å². The Morgan fingerprint density at radius 2 is 1.73 bits per heavy atom. The standard InChI is InChI=1S/C29H27N5O3/c1-5-36-25-15-10-21-8-6-7-9-24(21)28(25)29(35)32-22-11-13-23(14-12-22)37-27-17-26(30-20(4)31-27)34-19(3)16-18(2)33-34/h6-17H,5H2,1-4H3,(H,32,35). The first-order valence-electron chi connectivity index (χ1n) is 12.0. The number of anilines is 1. The van der Waals surface area contributed by atoms with E-state index in [1.165, 1.54) is 0 Å². The second kappa shape index (κ2) is 10.1. The van der Waals surface area contributed by atoms with Gasteiger partial charge in [-0.2, -0.15) is 10.1 Å². The van der Waals surface area contributed by atoms with E-state index < -0.39 is 0 Å². The molecule has 0 aliphatic heterocycles. The maximum Gasteiger partial charge on any atom is 0.260 e. The summed E-state index contributed by atoms with van der Waals surface area (Å²) >= 11 is 0. The summed E-state index contributed by atoms with van der Waals surface area (Å²) in [6, 6.07) is 22.4. The largest absolute Gasteiger partial charge is 0.493 e. The van der Waals surface area contributed by atoms with Crippen LogP contribution in [0.15, 0.2) is 72.8 Å². The zero-order valence-electron chi connectivity index (χ0n) is 21.1. The number of amides is 1. The fraction of sp³-hybridized carbons (Fsp3) is 0.172. The number of fused-ring (bicyclic) bond motifs is 1. The molecule has 0 aliphatic rings. The number of rotatable bonds is 7. The van der Waals surface area contributed by atoms with Crippen LogP contribution in [-0.2, 0) is 0 Å². The summed E-state index contributed by atoms with van der Waals surface area (Å²) in [5.41, 5.74) is 3.02. The average molecular weight is 494 g/mol. The SMILES string of the molecule is CCOc1ccc2ccccc2c1C(=O)Nc1ccc(Oc2cc(-n3nc(C)cc3C)nc(C)n2)cc1. The van der Waals surface area contributed by atoms with Gasteiger partial charge in [-0.05, 0) is 74.9 Å². The Bertz CT molecular complexity index is 1590. The number of hydrogen-bond donors (Lipinski definition) is 1. The van der Waals surface area contributed by atoms with E-state index in [2.05, 4.69) is 20.4 Å². The van der Waals surface area contributed by atoms with E-state index in [0.29, 0.717) is 46.9 Å². The van der Waals surface area contributed by atoms with Gasteiger partial charge in [0.1, 0.15) is 17.3 Å². The molecule has 1 amide bonds. The lowest BCUT2D eigenvalue weighted by molar-refractivity contribution is 0.102. The van der Waals surface area contributed by atoms with Crippen LogP contribution in [0.1, 0.15) is 34.5 Å². The van der Waals surface area contributed by atoms with Crippen molar-refractivity contribution in [2.45, 2.75) is 27.7 Å². The van der Waals surface area contributed by atoms with E-state index in [1.54, 1.807) is 35.0 Å². The lowest BCUT2D eigenvalue weighted by Crippen LogP contribution is -2.14. The van der Waals surface area contributed by atoms with Crippen molar-refractivity contribution in [3.63, 3.8) is 0 Å². The van der Waals surface area contributed by atoms with Crippen molar-refractivity contribution in [2.24, 2.45) is 0 Å². The van der Waals surface area contributed by atoms with Gasteiger partial charge in [-0.15, -0.1) is 0 Å². The quantitative estimate of drug-likeness (QED) is 0.291. The molecule has 5 rings (SSSR count). The molecule has 0 bridgehead atoms. The van der Waals surface area contributed by atoms with E-state index in [-0.39, 0.29) is 5.91 Å². The first-order valence-corrected chi connectivity index (χ1v) is 12.0. The highest BCUT2D eigenvalue weighted by atomic mass is 16.5. The second-order valence-corrected chi connectivity index (χ2v) is 8.62. The fourth-order valence-corrected chi connectivity index (χ4v) is 4.23. The van der Waals surface area contributed by atoms with E-state index in [0.717, 1.165) is 22.2 Å². The molecule has 0 unspecified atom stereocenters. The van der Waals surface area contributed by atoms with Crippen molar-refractivity contribution < 1.29 is 14.3 Å². The highest BCUT2D eigenvalue weighted by Crippen LogP contribution is 2.30. The molecule has 2 aromatic heterocycles. The molecule has 5 aromatic rings. The van der Waals surface area contributed by atoms with Gasteiger partial charge in [-0.1, -0.05) is 30.3 Å². The minimum Gasteiger partial charge on any atom is -0.493 e. The molecule has 2 heterocycles. The van der Waals surface area contributed by atoms with Gasteiger partial charge in [-0.25, -0.2) is 9.67 Å². The van der Waals surface area contributed by atoms with Crippen molar-refractivity contribution in [1.29, 1.82) is 0 Å². The summed E-state index contributed by atoms with van der Waals surface area (Å²) in [5, 5.41) is 9.28. The van der Waals surface area contributed by atoms with Crippen LogP contribution in [0.4, 0.5) is 5.69 Å². The van der Waals surface area contributed by atoms with Gasteiger partial charge in [0.05, 0.1) is 17.9 Å². The monoisotopic (exact) mass is 493 g/mol. The van der Waals surface area contributed by atoms with Crippen LogP contribution in [0.5, 0.6) is 17.4 Å². The number of nitrogens with zero attached hydrogens (tertiary/aromatic N) is 4. The van der Waals surface area contributed by atoms with Crippen LogP contribution in [-0.4, -0.2) is 32.3 Å². The Balaban J connectivity index is 1.36. The first-order chi connectivity index (χ1) is 17.9. The van der Waals surface area contributed by atoms with Crippen molar-refractivity contribution in [2.75, 3.05) is 11.9 Å². The highest BCUT2D eigenvalue weighted by Gasteiger charge is 2.17. The summed E-state index contributed by atoms with van der Waals surface area (Å²) in [7, 11) is 0. The minimum atomic E-state index is -0.241. The molecule has 1 N–H and O–H groups in total. The van der Waals surface area contributed by atoms with Crippen LogP contribution in [0.25, 0.3) is 16.6 Å². The number of benzene rings is 3. The third-order valence-corrected chi connectivity index (χ3v) is 5.78. The van der Waals surface area contributed by atoms with Crippen LogP contribution < -0.4 is 14.8 Å². The lowest BCUT2D eigenvalue weighted by Gasteiger charge is -2.14. The van der Waals surface area contributed by atoms with Crippen LogP contribution in [0.3, 0.4) is 0 Å². The van der Waals surface area contributed by atoms with Gasteiger partial charge >= 0.3 is 0 Å². The van der Waals surface area contributed by atoms with Gasteiger partial charge in [0.25, 0.3) is 5.91 Å². The maximum absolute atomic E-state index is 13.3. The molecule has 0 saturated heterocycles. The average Bonchev–Trinajstić information content (AvgIpc) is 3.22. The van der Waals surface area contributed by atoms with Crippen LogP contribution in [0, 0.1) is 20.8 Å². The van der Waals surface area contributed by atoms with Crippen molar-refractivity contribution in [1.82, 2.24) is 19.7 Å². The van der Waals surface area contributed by atoms with Gasteiger partial charge in [-0.3, -0.25) is 4.79 Å². The Hall–Kier alpha value is -4.72. The summed E-state index contributed by atoms with van der Waals surface area (Å²) in [5.74, 6) is 2.51. The molecule has 37 heavy (non-hydrogen) atoms. The molecule has 8 nitrogen and oxygen atoms in total. The van der Waals surface area contributed by atoms with Crippen molar-refractivity contribution in [3.05, 3.63) is 95.6 Å². The van der Waals surface area contributed by atoms with E-state index in [4.69, 9.17) is 9.47 Å². The number of carbonyl (C=O) groups is 1. The predicted octanol–water partition coefficient (Wildman–Crippen LogP) is 6.18. The number of nitrogens with one attached hydrogen (secondary N) is 1. The van der Waals surface area contributed by atoms with Crippen molar-refractivity contribution >= 4 is 22.4 Å². The summed E-state index contributed by atoms with van der Waals surface area (Å²) in [6.45, 7) is 8.08. The Labute approximate surface area is 214 Å². The highest BCUT2D eigenvalue weighted by molar-refractivity contribution is 6.15. The summed E-state index contributed by atoms with van der Waals surface area (Å²) in [6.07, 6.45) is 0. The molecular formula is C29H27N5O3. The minimum absolute atomic E-state index is 0.241. The maximum atomic E-state index is 13.3. The molecule has 0 atom stereocenters. The topological polar surface area (TPSA) is 91.2 Å². The van der Waals surface area contributed by atoms with Gasteiger partial charge < -0.3 is 14.8 Å². The Morgan fingerprint density at radius 3 is 2.46 bits per heavy atom. The smallest absolute Gasteiger partial charge is 0.260 e. The van der Waals surface area contributed by atoms with E-state index >= 15 is 0 Å². The number of aromatic nitrogens is 4. The second-order valence-electron chi connectivity index (χ2n) is 8.62. The summed E-state index contributed by atoms with van der Waals surface area (Å²) in [4.78, 5) is 22.2. The predicted molar refractivity (Wildman–Crippen MR) is 143 cm³/mol. The molecule has 186 valence electrons. The third-order valence-electron chi connectivity index (χ3n) is 5.78. The number of hydrogen-bond acceptors (Lipinski definition) is 6. The number of aryl methyl sites for hydroxylation is 3. The molecule has 0 spiro atoms. The Kier molecular flexibility index (Phi) is 6.55. The molecule has 8 heteroatoms. The number of carbonyl (C=O) groups excluding carboxylic acids is 1. The van der Waals surface area contributed by atoms with Crippen molar-refractivity contribution in [3.8, 4) is 23.2 Å². The molecule has 0 radical (unpaired) electrons. The number of ether oxygens (including phenoxy) is 2. The first kappa shape index (κ1) is 24.0. The molecule has 0 saturated carbocycles. The van der Waals surface area contributed by atoms with E-state index in [1.807, 2.05) is 70.2 Å². The van der Waals surface area contributed by atoms with Gasteiger partial charge in [0.2, 0.25) is 5.88 Å². The third kappa shape index (κ3) is 5.13. The molecule has 0 aliphatic carbocycles. The lowest BCUT2D eigenvalue weighted by atomic mass is 10.0. The Morgan fingerprint density at radius 1 is 0.946 bits per heavy atom. The molecular weight excluding hydrogens is 466 g/mol.